The number of nitrogens with one attached hydrogen (secondary N) is 1. The van der Waals surface area contributed by atoms with Crippen LogP contribution < -0.4 is 19.7 Å². The van der Waals surface area contributed by atoms with Crippen molar-refractivity contribution >= 4 is 5.69 Å². The molecule has 4 rings (SSSR count). The van der Waals surface area contributed by atoms with Crippen molar-refractivity contribution in [3.63, 3.8) is 0 Å². The van der Waals surface area contributed by atoms with Gasteiger partial charge in [0.1, 0.15) is 30.8 Å². The van der Waals surface area contributed by atoms with Crippen LogP contribution in [0.4, 0.5) is 5.69 Å². The standard InChI is InChI=1S/C32H47N3O10/c1-39-14-3-4-16-41-27-9-7-25(8-10-27)32-30(19-33-20-31(32)44-22-26(36)23-45-35(37)38)43-21-24-6-11-29-28(18-24)34(13-17-42-29)12-5-15-40-2/h6-11,18,26,30-33,36H,3-5,12-17,19-23H2,1-2H3/t26-,30-,31+,32+/m0/s1. The van der Waals surface area contributed by atoms with Crippen LogP contribution in [-0.2, 0) is 30.4 Å². The van der Waals surface area contributed by atoms with Gasteiger partial charge in [-0.25, -0.2) is 0 Å². The zero-order chi connectivity index (χ0) is 31.9. The first-order valence-electron chi connectivity index (χ1n) is 15.6. The zero-order valence-corrected chi connectivity index (χ0v) is 26.3. The summed E-state index contributed by atoms with van der Waals surface area (Å²) in [7, 11) is 3.41. The van der Waals surface area contributed by atoms with E-state index in [0.29, 0.717) is 46.1 Å². The van der Waals surface area contributed by atoms with Crippen LogP contribution in [0.25, 0.3) is 0 Å². The molecule has 0 bridgehead atoms. The number of methoxy groups -OCH3 is 2. The first kappa shape index (κ1) is 34.7. The summed E-state index contributed by atoms with van der Waals surface area (Å²) in [5.41, 5.74) is 3.10. The van der Waals surface area contributed by atoms with Crippen molar-refractivity contribution in [1.29, 1.82) is 0 Å². The van der Waals surface area contributed by atoms with Gasteiger partial charge in [0.15, 0.2) is 0 Å². The number of aliphatic hydroxyl groups is 1. The number of piperidine rings is 1. The van der Waals surface area contributed by atoms with E-state index < -0.39 is 17.8 Å². The highest BCUT2D eigenvalue weighted by Crippen LogP contribution is 2.35. The number of unbranched alkanes of at least 4 members (excludes halogenated alkanes) is 1. The van der Waals surface area contributed by atoms with Gasteiger partial charge in [-0.15, -0.1) is 10.1 Å². The van der Waals surface area contributed by atoms with Gasteiger partial charge in [-0.1, -0.05) is 18.2 Å². The van der Waals surface area contributed by atoms with E-state index in [0.717, 1.165) is 60.7 Å². The van der Waals surface area contributed by atoms with E-state index in [1.807, 2.05) is 36.4 Å². The average molecular weight is 634 g/mol. The van der Waals surface area contributed by atoms with Crippen molar-refractivity contribution in [3.05, 3.63) is 63.7 Å². The molecule has 2 aliphatic heterocycles. The molecule has 0 aromatic heterocycles. The molecule has 1 fully saturated rings. The highest BCUT2D eigenvalue weighted by atomic mass is 17.0. The molecule has 4 atom stereocenters. The Morgan fingerprint density at radius 3 is 2.49 bits per heavy atom. The SMILES string of the molecule is COCCCCOc1ccc([C@@H]2[C@@H](OCc3ccc4c(c3)N(CCCOC)CCO4)CNC[C@H]2OC[C@H](O)CO[N+](=O)[O-])cc1. The molecule has 0 saturated carbocycles. The minimum absolute atomic E-state index is 0.115. The third kappa shape index (κ3) is 11.0. The predicted molar refractivity (Wildman–Crippen MR) is 167 cm³/mol. The predicted octanol–water partition coefficient (Wildman–Crippen LogP) is 2.95. The molecule has 1 saturated heterocycles. The van der Waals surface area contributed by atoms with Crippen molar-refractivity contribution in [2.75, 3.05) is 84.9 Å². The van der Waals surface area contributed by atoms with Gasteiger partial charge in [0.2, 0.25) is 0 Å². The number of rotatable bonds is 20. The Bertz CT molecular complexity index is 1150. The molecule has 2 aliphatic rings. The molecule has 0 spiro atoms. The maximum atomic E-state index is 10.5. The fourth-order valence-electron chi connectivity index (χ4n) is 5.61. The van der Waals surface area contributed by atoms with Gasteiger partial charge in [-0.2, -0.15) is 0 Å². The lowest BCUT2D eigenvalue weighted by molar-refractivity contribution is -0.759. The topological polar surface area (TPSA) is 143 Å². The third-order valence-corrected chi connectivity index (χ3v) is 7.87. The summed E-state index contributed by atoms with van der Waals surface area (Å²) < 4.78 is 34.8. The largest absolute Gasteiger partial charge is 0.494 e. The highest BCUT2D eigenvalue weighted by molar-refractivity contribution is 5.61. The number of hydrogen-bond donors (Lipinski definition) is 2. The molecule has 2 N–H and O–H groups in total. The van der Waals surface area contributed by atoms with Crippen LogP contribution in [0.1, 0.15) is 36.3 Å². The van der Waals surface area contributed by atoms with Crippen molar-refractivity contribution in [2.24, 2.45) is 0 Å². The normalized spacial score (nSPS) is 20.2. The molecule has 0 aliphatic carbocycles. The Balaban J connectivity index is 1.45. The zero-order valence-electron chi connectivity index (χ0n) is 26.3. The quantitative estimate of drug-likeness (QED) is 0.126. The highest BCUT2D eigenvalue weighted by Gasteiger charge is 2.36. The molecule has 0 amide bonds. The van der Waals surface area contributed by atoms with Crippen LogP contribution >= 0.6 is 0 Å². The number of hydrogen-bond acceptors (Lipinski definition) is 12. The van der Waals surface area contributed by atoms with Crippen LogP contribution in [0.2, 0.25) is 0 Å². The first-order chi connectivity index (χ1) is 22.0. The Kier molecular flexibility index (Phi) is 14.4. The molecule has 2 aromatic rings. The number of nitrogens with zero attached hydrogens (tertiary/aromatic N) is 2. The van der Waals surface area contributed by atoms with E-state index in [1.54, 1.807) is 14.2 Å². The number of fused-ring (bicyclic) bond motifs is 1. The van der Waals surface area contributed by atoms with Crippen molar-refractivity contribution in [1.82, 2.24) is 5.32 Å². The summed E-state index contributed by atoms with van der Waals surface area (Å²) in [5, 5.41) is 23.2. The van der Waals surface area contributed by atoms with Gasteiger partial charge in [-0.3, -0.25) is 0 Å². The molecule has 2 aromatic carbocycles. The maximum absolute atomic E-state index is 10.5. The van der Waals surface area contributed by atoms with Crippen molar-refractivity contribution in [3.8, 4) is 11.5 Å². The first-order valence-corrected chi connectivity index (χ1v) is 15.6. The number of aliphatic hydroxyl groups excluding tert-OH is 1. The maximum Gasteiger partial charge on any atom is 0.294 e. The average Bonchev–Trinajstić information content (AvgIpc) is 3.06. The van der Waals surface area contributed by atoms with Crippen LogP contribution in [0.5, 0.6) is 11.5 Å². The molecule has 45 heavy (non-hydrogen) atoms. The minimum Gasteiger partial charge on any atom is -0.494 e. The van der Waals surface area contributed by atoms with Crippen molar-refractivity contribution < 1.29 is 43.5 Å². The second kappa shape index (κ2) is 18.7. The van der Waals surface area contributed by atoms with E-state index >= 15 is 0 Å². The second-order valence-corrected chi connectivity index (χ2v) is 11.2. The van der Waals surface area contributed by atoms with E-state index in [-0.39, 0.29) is 24.7 Å². The molecule has 13 heteroatoms. The van der Waals surface area contributed by atoms with Gasteiger partial charge >= 0.3 is 0 Å². The Morgan fingerprint density at radius 2 is 1.73 bits per heavy atom. The minimum atomic E-state index is -1.14. The molecule has 0 radical (unpaired) electrons. The van der Waals surface area contributed by atoms with Crippen LogP contribution in [0.15, 0.2) is 42.5 Å². The Labute approximate surface area is 264 Å². The Hall–Kier alpha value is -3.20. The van der Waals surface area contributed by atoms with Crippen LogP contribution in [0, 0.1) is 10.1 Å². The summed E-state index contributed by atoms with van der Waals surface area (Å²) in [6.45, 7) is 5.31. The molecular weight excluding hydrogens is 586 g/mol. The van der Waals surface area contributed by atoms with Gasteiger partial charge in [0.05, 0.1) is 44.3 Å². The van der Waals surface area contributed by atoms with Crippen molar-refractivity contribution in [2.45, 2.75) is 50.1 Å². The number of ether oxygens (including phenoxy) is 6. The van der Waals surface area contributed by atoms with E-state index in [4.69, 9.17) is 28.4 Å². The van der Waals surface area contributed by atoms with Gasteiger partial charge in [-0.05, 0) is 54.7 Å². The van der Waals surface area contributed by atoms with Gasteiger partial charge < -0.3 is 48.6 Å². The summed E-state index contributed by atoms with van der Waals surface area (Å²) in [4.78, 5) is 17.2. The lowest BCUT2D eigenvalue weighted by Crippen LogP contribution is -2.51. The monoisotopic (exact) mass is 633 g/mol. The summed E-state index contributed by atoms with van der Waals surface area (Å²) >= 11 is 0. The van der Waals surface area contributed by atoms with Crippen LogP contribution in [-0.4, -0.2) is 109 Å². The van der Waals surface area contributed by atoms with Crippen LogP contribution in [0.3, 0.4) is 0 Å². The second-order valence-electron chi connectivity index (χ2n) is 11.2. The summed E-state index contributed by atoms with van der Waals surface area (Å²) in [6, 6.07) is 14.1. The Morgan fingerprint density at radius 1 is 1.00 bits per heavy atom. The smallest absolute Gasteiger partial charge is 0.294 e. The summed E-state index contributed by atoms with van der Waals surface area (Å²) in [6.07, 6.45) is 1.01. The fraction of sp³-hybridized carbons (Fsp3) is 0.625. The fourth-order valence-corrected chi connectivity index (χ4v) is 5.61. The lowest BCUT2D eigenvalue weighted by Gasteiger charge is -2.39. The molecule has 2 heterocycles. The number of benzene rings is 2. The molecular formula is C32H47N3O10. The van der Waals surface area contributed by atoms with E-state index in [9.17, 15) is 15.2 Å². The third-order valence-electron chi connectivity index (χ3n) is 7.87. The van der Waals surface area contributed by atoms with Gasteiger partial charge in [0, 0.05) is 53.0 Å². The summed E-state index contributed by atoms with van der Waals surface area (Å²) in [5.74, 6) is 1.48. The van der Waals surface area contributed by atoms with E-state index in [2.05, 4.69) is 21.1 Å². The molecule has 250 valence electrons. The molecule has 13 nitrogen and oxygen atoms in total. The lowest BCUT2D eigenvalue weighted by atomic mass is 9.85. The number of anilines is 1. The molecule has 0 unspecified atom stereocenters. The van der Waals surface area contributed by atoms with Gasteiger partial charge in [0.25, 0.3) is 5.09 Å². The van der Waals surface area contributed by atoms with E-state index in [1.165, 1.54) is 0 Å².